The van der Waals surface area contributed by atoms with Crippen LogP contribution in [0.25, 0.3) is 0 Å². The monoisotopic (exact) mass is 280 g/mol. The normalized spacial score (nSPS) is 10.1. The Kier molecular flexibility index (Phi) is 3.66. The van der Waals surface area contributed by atoms with Gasteiger partial charge in [-0.05, 0) is 0 Å². The molecule has 0 unspecified atom stereocenters. The molecule has 0 bridgehead atoms. The third-order valence-electron chi connectivity index (χ3n) is 2.23. The van der Waals surface area contributed by atoms with Crippen LogP contribution in [0.3, 0.4) is 0 Å². The first-order chi connectivity index (χ1) is 9.08. The molecule has 0 amide bonds. The molecule has 0 fully saturated rings. The molecule has 2 aromatic rings. The average molecular weight is 280 g/mol. The van der Waals surface area contributed by atoms with Gasteiger partial charge in [-0.2, -0.15) is 0 Å². The maximum Gasteiger partial charge on any atom is 0.339 e. The van der Waals surface area contributed by atoms with Gasteiger partial charge in [0.1, 0.15) is 17.6 Å². The number of carboxylic acid groups (broad SMARTS) is 1. The molecule has 0 aromatic carbocycles. The van der Waals surface area contributed by atoms with Crippen molar-refractivity contribution in [3.05, 3.63) is 44.5 Å². The van der Waals surface area contributed by atoms with Crippen LogP contribution >= 0.6 is 11.3 Å². The van der Waals surface area contributed by atoms with Crippen LogP contribution in [0.1, 0.15) is 16.1 Å². The molecule has 2 rings (SSSR count). The summed E-state index contributed by atoms with van der Waals surface area (Å²) in [6.07, 6.45) is 1.01. The van der Waals surface area contributed by atoms with E-state index in [0.29, 0.717) is 6.54 Å². The first kappa shape index (κ1) is 12.9. The van der Waals surface area contributed by atoms with E-state index < -0.39 is 10.9 Å². The molecule has 0 aliphatic carbocycles. The lowest BCUT2D eigenvalue weighted by atomic mass is 10.2. The molecule has 9 heteroatoms. The van der Waals surface area contributed by atoms with Gasteiger partial charge in [0, 0.05) is 11.4 Å². The summed E-state index contributed by atoms with van der Waals surface area (Å²) in [5.74, 6) is -1.21. The van der Waals surface area contributed by atoms with E-state index in [1.807, 2.05) is 0 Å². The highest BCUT2D eigenvalue weighted by atomic mass is 32.1. The maximum absolute atomic E-state index is 11.0. The van der Waals surface area contributed by atoms with Crippen molar-refractivity contribution in [2.24, 2.45) is 0 Å². The lowest BCUT2D eigenvalue weighted by Crippen LogP contribution is -2.09. The van der Waals surface area contributed by atoms with E-state index in [-0.39, 0.29) is 17.1 Å². The van der Waals surface area contributed by atoms with Crippen molar-refractivity contribution < 1.29 is 14.8 Å². The highest BCUT2D eigenvalue weighted by Crippen LogP contribution is 2.19. The van der Waals surface area contributed by atoms with Gasteiger partial charge in [-0.25, -0.2) is 14.8 Å². The predicted octanol–water partition coefficient (Wildman–Crippen LogP) is 1.76. The summed E-state index contributed by atoms with van der Waals surface area (Å²) in [7, 11) is 0. The van der Waals surface area contributed by atoms with Gasteiger partial charge in [0.05, 0.1) is 22.7 Å². The molecule has 8 nitrogen and oxygen atoms in total. The Labute approximate surface area is 110 Å². The number of thiazole rings is 1. The van der Waals surface area contributed by atoms with Crippen LogP contribution in [0.2, 0.25) is 0 Å². The first-order valence-corrected chi connectivity index (χ1v) is 6.01. The molecule has 0 saturated heterocycles. The zero-order valence-corrected chi connectivity index (χ0v) is 10.3. The lowest BCUT2D eigenvalue weighted by molar-refractivity contribution is -0.385. The lowest BCUT2D eigenvalue weighted by Gasteiger charge is -2.06. The van der Waals surface area contributed by atoms with Crippen LogP contribution < -0.4 is 5.32 Å². The van der Waals surface area contributed by atoms with Crippen molar-refractivity contribution >= 4 is 28.8 Å². The number of aromatic nitrogens is 2. The van der Waals surface area contributed by atoms with Crippen LogP contribution in [0.4, 0.5) is 11.5 Å². The van der Waals surface area contributed by atoms with E-state index in [0.717, 1.165) is 18.0 Å². The van der Waals surface area contributed by atoms with Gasteiger partial charge in [0.2, 0.25) is 0 Å². The molecule has 0 saturated carbocycles. The predicted molar refractivity (Wildman–Crippen MR) is 67.3 cm³/mol. The summed E-state index contributed by atoms with van der Waals surface area (Å²) in [6.45, 7) is 0.300. The highest BCUT2D eigenvalue weighted by molar-refractivity contribution is 7.07. The van der Waals surface area contributed by atoms with Crippen molar-refractivity contribution in [1.82, 2.24) is 9.97 Å². The Morgan fingerprint density at radius 3 is 2.89 bits per heavy atom. The van der Waals surface area contributed by atoms with Gasteiger partial charge in [0.15, 0.2) is 0 Å². The Morgan fingerprint density at radius 2 is 2.32 bits per heavy atom. The van der Waals surface area contributed by atoms with Gasteiger partial charge in [-0.15, -0.1) is 11.3 Å². The summed E-state index contributed by atoms with van der Waals surface area (Å²) in [5.41, 5.74) is 1.78. The van der Waals surface area contributed by atoms with Crippen molar-refractivity contribution in [3.63, 3.8) is 0 Å². The van der Waals surface area contributed by atoms with Crippen molar-refractivity contribution in [2.75, 3.05) is 5.32 Å². The summed E-state index contributed by atoms with van der Waals surface area (Å²) in [4.78, 5) is 28.7. The quantitative estimate of drug-likeness (QED) is 0.632. The third-order valence-corrected chi connectivity index (χ3v) is 2.87. The van der Waals surface area contributed by atoms with E-state index in [9.17, 15) is 14.9 Å². The minimum Gasteiger partial charge on any atom is -0.478 e. The molecule has 0 atom stereocenters. The van der Waals surface area contributed by atoms with Crippen molar-refractivity contribution in [3.8, 4) is 0 Å². The molecule has 2 heterocycles. The second kappa shape index (κ2) is 5.40. The number of rotatable bonds is 5. The third kappa shape index (κ3) is 3.01. The Hall–Kier alpha value is -2.55. The van der Waals surface area contributed by atoms with Gasteiger partial charge >= 0.3 is 5.97 Å². The molecule has 0 aliphatic heterocycles. The van der Waals surface area contributed by atoms with E-state index in [1.165, 1.54) is 11.3 Å². The second-order valence-corrected chi connectivity index (χ2v) is 4.20. The zero-order valence-electron chi connectivity index (χ0n) is 9.44. The summed E-state index contributed by atoms with van der Waals surface area (Å²) < 4.78 is 0. The second-order valence-electron chi connectivity index (χ2n) is 3.49. The minimum absolute atomic E-state index is 0.0751. The number of aromatic carboxylic acids is 1. The van der Waals surface area contributed by atoms with Gasteiger partial charge in [-0.3, -0.25) is 10.1 Å². The fraction of sp³-hybridized carbons (Fsp3) is 0.100. The topological polar surface area (TPSA) is 118 Å². The summed E-state index contributed by atoms with van der Waals surface area (Å²) in [5, 5.41) is 24.2. The number of nitrogens with zero attached hydrogens (tertiary/aromatic N) is 3. The maximum atomic E-state index is 11.0. The fourth-order valence-electron chi connectivity index (χ4n) is 1.36. The molecule has 19 heavy (non-hydrogen) atoms. The molecule has 2 aromatic heterocycles. The molecule has 98 valence electrons. The fourth-order valence-corrected chi connectivity index (χ4v) is 1.91. The largest absolute Gasteiger partial charge is 0.478 e. The summed E-state index contributed by atoms with van der Waals surface area (Å²) >= 11 is 1.41. The smallest absolute Gasteiger partial charge is 0.339 e. The number of anilines is 1. The first-order valence-electron chi connectivity index (χ1n) is 5.06. The number of carbonyl (C=O) groups is 1. The average Bonchev–Trinajstić information content (AvgIpc) is 2.89. The number of pyridine rings is 1. The highest BCUT2D eigenvalue weighted by Gasteiger charge is 2.17. The standard InChI is InChI=1S/C10H8N4O4S/c15-10(16)8-1-7(14(17)18)3-12-9(8)11-2-6-4-19-5-13-6/h1,3-5H,2H2,(H,11,12)(H,15,16). The van der Waals surface area contributed by atoms with Gasteiger partial charge in [-0.1, -0.05) is 0 Å². The van der Waals surface area contributed by atoms with Crippen molar-refractivity contribution in [1.29, 1.82) is 0 Å². The zero-order chi connectivity index (χ0) is 13.8. The molecule has 0 radical (unpaired) electrons. The molecule has 0 spiro atoms. The van der Waals surface area contributed by atoms with E-state index in [4.69, 9.17) is 5.11 Å². The van der Waals surface area contributed by atoms with E-state index in [1.54, 1.807) is 10.9 Å². The molecular formula is C10H8N4O4S. The number of hydrogen-bond donors (Lipinski definition) is 2. The molecule has 0 aliphatic rings. The van der Waals surface area contributed by atoms with E-state index >= 15 is 0 Å². The SMILES string of the molecule is O=C(O)c1cc([N+](=O)[O-])cnc1NCc1cscn1. The summed E-state index contributed by atoms with van der Waals surface area (Å²) in [6, 6.07) is 0.971. The number of hydrogen-bond acceptors (Lipinski definition) is 7. The van der Waals surface area contributed by atoms with Crippen LogP contribution in [-0.2, 0) is 6.54 Å². The Bertz CT molecular complexity index is 614. The van der Waals surface area contributed by atoms with Crippen LogP contribution in [0, 0.1) is 10.1 Å². The Balaban J connectivity index is 2.24. The number of nitrogens with one attached hydrogen (secondary N) is 1. The van der Waals surface area contributed by atoms with E-state index in [2.05, 4.69) is 15.3 Å². The molecule has 2 N–H and O–H groups in total. The van der Waals surface area contributed by atoms with Gasteiger partial charge < -0.3 is 10.4 Å². The van der Waals surface area contributed by atoms with Crippen molar-refractivity contribution in [2.45, 2.75) is 6.54 Å². The van der Waals surface area contributed by atoms with Crippen LogP contribution in [0.5, 0.6) is 0 Å². The van der Waals surface area contributed by atoms with Crippen LogP contribution in [-0.4, -0.2) is 26.0 Å². The Morgan fingerprint density at radius 1 is 1.53 bits per heavy atom. The number of nitro groups is 1. The van der Waals surface area contributed by atoms with Gasteiger partial charge in [0.25, 0.3) is 5.69 Å². The number of carboxylic acids is 1. The van der Waals surface area contributed by atoms with Crippen LogP contribution in [0.15, 0.2) is 23.2 Å². The minimum atomic E-state index is -1.28. The molecular weight excluding hydrogens is 272 g/mol.